The second kappa shape index (κ2) is 7.79. The number of aliphatic carboxylic acids is 1. The lowest BCUT2D eigenvalue weighted by atomic mass is 9.93. The Morgan fingerprint density at radius 3 is 2.95 bits per heavy atom. The van der Waals surface area contributed by atoms with E-state index in [1.807, 2.05) is 25.1 Å². The summed E-state index contributed by atoms with van der Waals surface area (Å²) in [6, 6.07) is 6.40. The molecule has 22 heavy (non-hydrogen) atoms. The zero-order valence-electron chi connectivity index (χ0n) is 12.6. The van der Waals surface area contributed by atoms with E-state index >= 15 is 0 Å². The molecule has 0 saturated carbocycles. The third-order valence-corrected chi connectivity index (χ3v) is 3.61. The van der Waals surface area contributed by atoms with Crippen LogP contribution in [0.4, 0.5) is 0 Å². The quantitative estimate of drug-likeness (QED) is 0.829. The van der Waals surface area contributed by atoms with Crippen LogP contribution in [0.1, 0.15) is 18.4 Å². The van der Waals surface area contributed by atoms with Crippen LogP contribution in [0.5, 0.6) is 5.75 Å². The molecule has 2 unspecified atom stereocenters. The summed E-state index contributed by atoms with van der Waals surface area (Å²) in [5.41, 5.74) is 1.03. The maximum Gasteiger partial charge on any atom is 0.326 e. The number of amides is 1. The van der Waals surface area contributed by atoms with Gasteiger partial charge in [-0.2, -0.15) is 0 Å². The van der Waals surface area contributed by atoms with Gasteiger partial charge in [-0.25, -0.2) is 4.79 Å². The van der Waals surface area contributed by atoms with Gasteiger partial charge in [0.25, 0.3) is 5.91 Å². The van der Waals surface area contributed by atoms with Gasteiger partial charge in [-0.15, -0.1) is 0 Å². The van der Waals surface area contributed by atoms with Gasteiger partial charge in [-0.1, -0.05) is 12.1 Å². The Labute approximate surface area is 129 Å². The van der Waals surface area contributed by atoms with Crippen LogP contribution >= 0.6 is 0 Å². The van der Waals surface area contributed by atoms with Crippen LogP contribution in [0.3, 0.4) is 0 Å². The van der Waals surface area contributed by atoms with Crippen LogP contribution < -0.4 is 10.1 Å². The molecule has 6 heteroatoms. The molecule has 1 fully saturated rings. The molecule has 1 heterocycles. The molecular formula is C16H21NO5. The third-order valence-electron chi connectivity index (χ3n) is 3.61. The fraction of sp³-hybridized carbons (Fsp3) is 0.500. The van der Waals surface area contributed by atoms with Gasteiger partial charge in [0, 0.05) is 12.5 Å². The number of carbonyl (C=O) groups excluding carboxylic acids is 1. The van der Waals surface area contributed by atoms with Crippen molar-refractivity contribution in [2.45, 2.75) is 25.8 Å². The highest BCUT2D eigenvalue weighted by atomic mass is 16.5. The van der Waals surface area contributed by atoms with E-state index < -0.39 is 17.9 Å². The molecule has 0 radical (unpaired) electrons. The number of carboxylic acids is 1. The number of hydrogen-bond donors (Lipinski definition) is 2. The van der Waals surface area contributed by atoms with Crippen molar-refractivity contribution in [3.63, 3.8) is 0 Å². The van der Waals surface area contributed by atoms with Gasteiger partial charge < -0.3 is 19.9 Å². The number of carboxylic acid groups (broad SMARTS) is 1. The van der Waals surface area contributed by atoms with Crippen molar-refractivity contribution in [1.29, 1.82) is 0 Å². The predicted octanol–water partition coefficient (Wildman–Crippen LogP) is 1.37. The molecule has 1 aliphatic heterocycles. The van der Waals surface area contributed by atoms with Crippen molar-refractivity contribution in [1.82, 2.24) is 5.32 Å². The summed E-state index contributed by atoms with van der Waals surface area (Å²) in [6.45, 7) is 2.72. The lowest BCUT2D eigenvalue weighted by Crippen LogP contribution is -2.49. The first-order valence-corrected chi connectivity index (χ1v) is 7.35. The molecule has 1 aromatic rings. The zero-order chi connectivity index (χ0) is 15.9. The van der Waals surface area contributed by atoms with E-state index in [0.717, 1.165) is 18.4 Å². The van der Waals surface area contributed by atoms with Gasteiger partial charge in [0.15, 0.2) is 6.61 Å². The first kappa shape index (κ1) is 16.3. The van der Waals surface area contributed by atoms with Crippen molar-refractivity contribution in [2.24, 2.45) is 5.92 Å². The summed E-state index contributed by atoms with van der Waals surface area (Å²) in [5.74, 6) is -1.10. The van der Waals surface area contributed by atoms with E-state index in [9.17, 15) is 14.7 Å². The van der Waals surface area contributed by atoms with E-state index in [4.69, 9.17) is 9.47 Å². The van der Waals surface area contributed by atoms with E-state index in [0.29, 0.717) is 19.0 Å². The molecule has 1 saturated heterocycles. The van der Waals surface area contributed by atoms with E-state index in [1.165, 1.54) is 0 Å². The van der Waals surface area contributed by atoms with Crippen molar-refractivity contribution in [2.75, 3.05) is 19.8 Å². The largest absolute Gasteiger partial charge is 0.484 e. The maximum atomic E-state index is 11.9. The topological polar surface area (TPSA) is 84.9 Å². The Morgan fingerprint density at radius 1 is 1.50 bits per heavy atom. The number of aryl methyl sites for hydroxylation is 1. The number of carbonyl (C=O) groups is 2. The van der Waals surface area contributed by atoms with E-state index in [-0.39, 0.29) is 12.5 Å². The number of benzene rings is 1. The Balaban J connectivity index is 1.86. The predicted molar refractivity (Wildman–Crippen MR) is 79.8 cm³/mol. The van der Waals surface area contributed by atoms with Crippen molar-refractivity contribution < 1.29 is 24.2 Å². The van der Waals surface area contributed by atoms with Crippen molar-refractivity contribution in [3.05, 3.63) is 29.8 Å². The third kappa shape index (κ3) is 4.73. The van der Waals surface area contributed by atoms with Crippen molar-refractivity contribution >= 4 is 11.9 Å². The minimum absolute atomic E-state index is 0.200. The molecule has 0 aromatic heterocycles. The van der Waals surface area contributed by atoms with E-state index in [1.54, 1.807) is 6.07 Å². The fourth-order valence-corrected chi connectivity index (χ4v) is 2.48. The molecule has 0 aliphatic carbocycles. The molecule has 1 aromatic carbocycles. The number of hydrogen-bond acceptors (Lipinski definition) is 4. The highest BCUT2D eigenvalue weighted by Gasteiger charge is 2.31. The van der Waals surface area contributed by atoms with Gasteiger partial charge in [0.2, 0.25) is 0 Å². The molecule has 2 N–H and O–H groups in total. The zero-order valence-corrected chi connectivity index (χ0v) is 12.6. The monoisotopic (exact) mass is 307 g/mol. The number of ether oxygens (including phenoxy) is 2. The Hall–Kier alpha value is -2.08. The van der Waals surface area contributed by atoms with Crippen molar-refractivity contribution in [3.8, 4) is 5.75 Å². The van der Waals surface area contributed by atoms with Gasteiger partial charge in [-0.05, 0) is 37.5 Å². The minimum Gasteiger partial charge on any atom is -0.484 e. The highest BCUT2D eigenvalue weighted by molar-refractivity contribution is 5.84. The lowest BCUT2D eigenvalue weighted by Gasteiger charge is -2.28. The normalized spacial score (nSPS) is 19.2. The van der Waals surface area contributed by atoms with Crippen LogP contribution in [-0.4, -0.2) is 42.8 Å². The fourth-order valence-electron chi connectivity index (χ4n) is 2.48. The molecular weight excluding hydrogens is 286 g/mol. The van der Waals surface area contributed by atoms with Crippen LogP contribution in [0.2, 0.25) is 0 Å². The SMILES string of the molecule is Cc1cccc(OCC(=O)NC(C(=O)O)C2CCCOC2)c1. The molecule has 0 spiro atoms. The van der Waals surface area contributed by atoms with Gasteiger partial charge in [0.05, 0.1) is 6.61 Å². The van der Waals surface area contributed by atoms with Gasteiger partial charge in [-0.3, -0.25) is 4.79 Å². The summed E-state index contributed by atoms with van der Waals surface area (Å²) < 4.78 is 10.7. The summed E-state index contributed by atoms with van der Waals surface area (Å²) in [6.07, 6.45) is 1.54. The first-order valence-electron chi connectivity index (χ1n) is 7.35. The summed E-state index contributed by atoms with van der Waals surface area (Å²) in [4.78, 5) is 23.3. The first-order chi connectivity index (χ1) is 10.6. The molecule has 120 valence electrons. The van der Waals surface area contributed by atoms with E-state index in [2.05, 4.69) is 5.32 Å². The highest BCUT2D eigenvalue weighted by Crippen LogP contribution is 2.18. The average Bonchev–Trinajstić information content (AvgIpc) is 2.51. The molecule has 2 atom stereocenters. The van der Waals surface area contributed by atoms with Crippen LogP contribution in [0, 0.1) is 12.8 Å². The summed E-state index contributed by atoms with van der Waals surface area (Å²) >= 11 is 0. The summed E-state index contributed by atoms with van der Waals surface area (Å²) in [5, 5.41) is 11.8. The van der Waals surface area contributed by atoms with Gasteiger partial charge >= 0.3 is 5.97 Å². The molecule has 0 bridgehead atoms. The molecule has 6 nitrogen and oxygen atoms in total. The Bertz CT molecular complexity index is 525. The summed E-state index contributed by atoms with van der Waals surface area (Å²) in [7, 11) is 0. The average molecular weight is 307 g/mol. The smallest absolute Gasteiger partial charge is 0.326 e. The van der Waals surface area contributed by atoms with Gasteiger partial charge in [0.1, 0.15) is 11.8 Å². The second-order valence-corrected chi connectivity index (χ2v) is 5.47. The van der Waals surface area contributed by atoms with Crippen LogP contribution in [0.25, 0.3) is 0 Å². The maximum absolute atomic E-state index is 11.9. The second-order valence-electron chi connectivity index (χ2n) is 5.47. The number of rotatable bonds is 6. The van der Waals surface area contributed by atoms with Crippen LogP contribution in [0.15, 0.2) is 24.3 Å². The lowest BCUT2D eigenvalue weighted by molar-refractivity contribution is -0.145. The minimum atomic E-state index is -1.04. The Morgan fingerprint density at radius 2 is 2.32 bits per heavy atom. The molecule has 1 aliphatic rings. The molecule has 2 rings (SSSR count). The van der Waals surface area contributed by atoms with Crippen LogP contribution in [-0.2, 0) is 14.3 Å². The molecule has 1 amide bonds. The standard InChI is InChI=1S/C16H21NO5/c1-11-4-2-6-13(8-11)22-10-14(18)17-15(16(19)20)12-5-3-7-21-9-12/h2,4,6,8,12,15H,3,5,7,9-10H2,1H3,(H,17,18)(H,19,20). The number of nitrogens with one attached hydrogen (secondary N) is 1. The Kier molecular flexibility index (Phi) is 5.77.